The summed E-state index contributed by atoms with van der Waals surface area (Å²) in [5.41, 5.74) is 0.384. The van der Waals surface area contributed by atoms with Gasteiger partial charge in [0.2, 0.25) is 5.90 Å². The van der Waals surface area contributed by atoms with Gasteiger partial charge in [-0.1, -0.05) is 23.7 Å². The van der Waals surface area contributed by atoms with Gasteiger partial charge in [0.1, 0.15) is 0 Å². The first-order valence-corrected chi connectivity index (χ1v) is 13.7. The summed E-state index contributed by atoms with van der Waals surface area (Å²) >= 11 is 6.64. The quantitative estimate of drug-likeness (QED) is 0.201. The molecule has 2 amide bonds. The number of amides is 2. The molecule has 2 saturated heterocycles. The zero-order chi connectivity index (χ0) is 28.2. The number of hydrogen-bond donors (Lipinski definition) is 2. The molecule has 12 heteroatoms. The SMILES string of the molecule is CCOC(=N)c1cc(/C=C2\SC(=O)N(CCN3CCCC3)C2=O)ccc1NCc1ccc(Cl)cc1C(F)(F)F. The van der Waals surface area contributed by atoms with E-state index in [0.717, 1.165) is 43.8 Å². The molecule has 2 heterocycles. The number of likely N-dealkylation sites (tertiary alicyclic amines) is 1. The fourth-order valence-corrected chi connectivity index (χ4v) is 5.50. The van der Waals surface area contributed by atoms with Gasteiger partial charge in [-0.25, -0.2) is 0 Å². The van der Waals surface area contributed by atoms with Crippen LogP contribution in [0.3, 0.4) is 0 Å². The molecule has 2 aliphatic rings. The second kappa shape index (κ2) is 12.4. The molecule has 0 spiro atoms. The van der Waals surface area contributed by atoms with E-state index in [1.54, 1.807) is 31.2 Å². The van der Waals surface area contributed by atoms with Crippen molar-refractivity contribution in [2.24, 2.45) is 0 Å². The smallest absolute Gasteiger partial charge is 0.416 e. The molecule has 39 heavy (non-hydrogen) atoms. The largest absolute Gasteiger partial charge is 0.478 e. The van der Waals surface area contributed by atoms with Crippen molar-refractivity contribution >= 4 is 52.2 Å². The van der Waals surface area contributed by atoms with Crippen molar-refractivity contribution in [1.82, 2.24) is 9.80 Å². The average Bonchev–Trinajstić information content (AvgIpc) is 3.49. The predicted octanol–water partition coefficient (Wildman–Crippen LogP) is 6.46. The highest BCUT2D eigenvalue weighted by molar-refractivity contribution is 8.18. The number of carbonyl (C=O) groups excluding carboxylic acids is 2. The molecule has 0 bridgehead atoms. The van der Waals surface area contributed by atoms with E-state index < -0.39 is 11.7 Å². The number of anilines is 1. The maximum absolute atomic E-state index is 13.5. The van der Waals surface area contributed by atoms with E-state index >= 15 is 0 Å². The van der Waals surface area contributed by atoms with Crippen LogP contribution in [0.15, 0.2) is 41.3 Å². The van der Waals surface area contributed by atoms with E-state index in [-0.39, 0.29) is 45.7 Å². The van der Waals surface area contributed by atoms with Gasteiger partial charge < -0.3 is 15.0 Å². The molecule has 208 valence electrons. The minimum absolute atomic E-state index is 0.00697. The summed E-state index contributed by atoms with van der Waals surface area (Å²) in [6.07, 6.45) is -0.762. The lowest BCUT2D eigenvalue weighted by molar-refractivity contribution is -0.138. The first-order chi connectivity index (χ1) is 18.6. The topological polar surface area (TPSA) is 85.7 Å². The van der Waals surface area contributed by atoms with Crippen LogP contribution in [-0.2, 0) is 22.3 Å². The van der Waals surface area contributed by atoms with E-state index in [1.807, 2.05) is 0 Å². The van der Waals surface area contributed by atoms with Crippen molar-refractivity contribution in [3.8, 4) is 0 Å². The molecule has 0 saturated carbocycles. The van der Waals surface area contributed by atoms with Gasteiger partial charge in [-0.3, -0.25) is 19.9 Å². The third-order valence-corrected chi connectivity index (χ3v) is 7.58. The van der Waals surface area contributed by atoms with E-state index in [9.17, 15) is 22.8 Å². The van der Waals surface area contributed by atoms with Gasteiger partial charge in [0.25, 0.3) is 11.1 Å². The third-order valence-electron chi connectivity index (χ3n) is 6.43. The third kappa shape index (κ3) is 7.14. The normalized spacial score (nSPS) is 17.4. The number of alkyl halides is 3. The van der Waals surface area contributed by atoms with Crippen molar-refractivity contribution in [3.05, 3.63) is 68.6 Å². The number of hydrogen-bond acceptors (Lipinski definition) is 7. The van der Waals surface area contributed by atoms with Crippen molar-refractivity contribution in [1.29, 1.82) is 5.41 Å². The number of benzene rings is 2. The molecule has 0 radical (unpaired) electrons. The molecule has 2 aliphatic heterocycles. The lowest BCUT2D eigenvalue weighted by Gasteiger charge is -2.18. The summed E-state index contributed by atoms with van der Waals surface area (Å²) in [4.78, 5) is 29.2. The van der Waals surface area contributed by atoms with Gasteiger partial charge in [-0.05, 0) is 86.1 Å². The van der Waals surface area contributed by atoms with Gasteiger partial charge in [0, 0.05) is 30.3 Å². The Bertz CT molecular complexity index is 1300. The van der Waals surface area contributed by atoms with Crippen LogP contribution in [0.4, 0.5) is 23.7 Å². The highest BCUT2D eigenvalue weighted by Gasteiger charge is 2.35. The van der Waals surface area contributed by atoms with E-state index in [0.29, 0.717) is 29.9 Å². The number of ether oxygens (including phenoxy) is 1. The van der Waals surface area contributed by atoms with Crippen LogP contribution in [0.5, 0.6) is 0 Å². The van der Waals surface area contributed by atoms with Crippen LogP contribution >= 0.6 is 23.4 Å². The molecule has 0 aliphatic carbocycles. The molecular formula is C27H28ClF3N4O3S. The van der Waals surface area contributed by atoms with Crippen molar-refractivity contribution in [2.75, 3.05) is 38.1 Å². The van der Waals surface area contributed by atoms with Crippen LogP contribution in [0.2, 0.25) is 5.02 Å². The number of halogens is 4. The van der Waals surface area contributed by atoms with Gasteiger partial charge in [-0.15, -0.1) is 0 Å². The predicted molar refractivity (Wildman–Crippen MR) is 147 cm³/mol. The average molecular weight is 581 g/mol. The van der Waals surface area contributed by atoms with Gasteiger partial charge >= 0.3 is 6.18 Å². The monoisotopic (exact) mass is 580 g/mol. The van der Waals surface area contributed by atoms with E-state index in [2.05, 4.69) is 10.2 Å². The standard InChI is InChI=1S/C27H28ClF3N4O3S/c1-2-38-24(32)20-13-17(14-23-25(36)35(26(37)39-23)12-11-34-9-3-4-10-34)5-8-22(20)33-16-18-6-7-19(28)15-21(18)27(29,30)31/h5-8,13-15,32-33H,2-4,9-12,16H2,1H3/b23-14-,32-24?. The van der Waals surface area contributed by atoms with E-state index in [4.69, 9.17) is 21.7 Å². The maximum atomic E-state index is 13.5. The van der Waals surface area contributed by atoms with Gasteiger partial charge in [0.15, 0.2) is 0 Å². The van der Waals surface area contributed by atoms with E-state index in [1.165, 1.54) is 17.0 Å². The number of nitrogens with zero attached hydrogens (tertiary/aromatic N) is 2. The second-order valence-electron chi connectivity index (χ2n) is 9.10. The highest BCUT2D eigenvalue weighted by atomic mass is 35.5. The van der Waals surface area contributed by atoms with Gasteiger partial charge in [-0.2, -0.15) is 13.2 Å². The lowest BCUT2D eigenvalue weighted by Crippen LogP contribution is -2.36. The second-order valence-corrected chi connectivity index (χ2v) is 10.5. The Balaban J connectivity index is 1.54. The molecule has 2 aromatic carbocycles. The molecule has 2 aromatic rings. The fourth-order valence-electron chi connectivity index (χ4n) is 4.46. The Labute approximate surface area is 233 Å². The number of carbonyl (C=O) groups is 2. The van der Waals surface area contributed by atoms with Crippen LogP contribution < -0.4 is 5.32 Å². The van der Waals surface area contributed by atoms with Crippen molar-refractivity contribution in [2.45, 2.75) is 32.5 Å². The summed E-state index contributed by atoms with van der Waals surface area (Å²) in [7, 11) is 0. The first kappa shape index (κ1) is 29.0. The van der Waals surface area contributed by atoms with Crippen LogP contribution in [-0.4, -0.2) is 59.6 Å². The Morgan fingerprint density at radius 2 is 1.90 bits per heavy atom. The molecule has 0 unspecified atom stereocenters. The molecular weight excluding hydrogens is 553 g/mol. The summed E-state index contributed by atoms with van der Waals surface area (Å²) in [6, 6.07) is 8.44. The molecule has 0 atom stereocenters. The summed E-state index contributed by atoms with van der Waals surface area (Å²) in [5, 5.41) is 10.9. The van der Waals surface area contributed by atoms with Crippen LogP contribution in [0.25, 0.3) is 6.08 Å². The minimum Gasteiger partial charge on any atom is -0.478 e. The fraction of sp³-hybridized carbons (Fsp3) is 0.370. The molecule has 4 rings (SSSR count). The minimum atomic E-state index is -4.58. The first-order valence-electron chi connectivity index (χ1n) is 12.5. The summed E-state index contributed by atoms with van der Waals surface area (Å²) in [5.74, 6) is -0.545. The van der Waals surface area contributed by atoms with Gasteiger partial charge in [0.05, 0.1) is 22.6 Å². The Morgan fingerprint density at radius 3 is 2.59 bits per heavy atom. The Morgan fingerprint density at radius 1 is 1.15 bits per heavy atom. The Hall–Kier alpha value is -3.02. The highest BCUT2D eigenvalue weighted by Crippen LogP contribution is 2.35. The molecule has 2 N–H and O–H groups in total. The number of rotatable bonds is 9. The Kier molecular flexibility index (Phi) is 9.24. The summed E-state index contributed by atoms with van der Waals surface area (Å²) in [6.45, 7) is 4.67. The molecule has 7 nitrogen and oxygen atoms in total. The van der Waals surface area contributed by atoms with Crippen molar-refractivity contribution < 1.29 is 27.5 Å². The number of thioether (sulfide) groups is 1. The van der Waals surface area contributed by atoms with Crippen LogP contribution in [0, 0.1) is 5.41 Å². The van der Waals surface area contributed by atoms with Crippen LogP contribution in [0.1, 0.15) is 42.0 Å². The molecule has 0 aromatic heterocycles. The van der Waals surface area contributed by atoms with Crippen molar-refractivity contribution in [3.63, 3.8) is 0 Å². The summed E-state index contributed by atoms with van der Waals surface area (Å²) < 4.78 is 45.9. The number of imide groups is 1. The molecule has 2 fully saturated rings. The zero-order valence-corrected chi connectivity index (χ0v) is 22.8. The lowest BCUT2D eigenvalue weighted by atomic mass is 10.0. The number of nitrogens with one attached hydrogen (secondary N) is 2. The maximum Gasteiger partial charge on any atom is 0.416 e. The zero-order valence-electron chi connectivity index (χ0n) is 21.2.